The van der Waals surface area contributed by atoms with Crippen LogP contribution in [0.15, 0.2) is 0 Å². The van der Waals surface area contributed by atoms with Crippen molar-refractivity contribution in [2.45, 2.75) is 39.2 Å². The third-order valence-corrected chi connectivity index (χ3v) is 2.66. The van der Waals surface area contributed by atoms with E-state index in [1.165, 1.54) is 6.42 Å². The second-order valence-electron chi connectivity index (χ2n) is 3.22. The standard InChI is InChI=1S/C9H15NO/c1-3-11-8(2)9(7-10)5-4-6-9/h8H,3-6H2,1-2H3. The van der Waals surface area contributed by atoms with E-state index >= 15 is 0 Å². The molecule has 1 saturated carbocycles. The lowest BCUT2D eigenvalue weighted by molar-refractivity contribution is -0.0334. The Labute approximate surface area is 68.2 Å². The van der Waals surface area contributed by atoms with Crippen molar-refractivity contribution in [1.29, 1.82) is 5.26 Å². The molecule has 0 aromatic rings. The van der Waals surface area contributed by atoms with Gasteiger partial charge in [-0.05, 0) is 26.7 Å². The van der Waals surface area contributed by atoms with Gasteiger partial charge in [0.25, 0.3) is 0 Å². The van der Waals surface area contributed by atoms with Gasteiger partial charge >= 0.3 is 0 Å². The number of nitrogens with zero attached hydrogens (tertiary/aromatic N) is 1. The molecule has 2 nitrogen and oxygen atoms in total. The Bertz CT molecular complexity index is 167. The van der Waals surface area contributed by atoms with Crippen LogP contribution in [-0.2, 0) is 4.74 Å². The Morgan fingerprint density at radius 3 is 2.55 bits per heavy atom. The van der Waals surface area contributed by atoms with Crippen LogP contribution in [0.2, 0.25) is 0 Å². The first kappa shape index (κ1) is 8.55. The van der Waals surface area contributed by atoms with Crippen LogP contribution in [0.1, 0.15) is 33.1 Å². The lowest BCUT2D eigenvalue weighted by Gasteiger charge is -2.39. The second-order valence-corrected chi connectivity index (χ2v) is 3.22. The van der Waals surface area contributed by atoms with Gasteiger partial charge in [-0.25, -0.2) is 0 Å². The third kappa shape index (κ3) is 1.39. The molecule has 0 saturated heterocycles. The predicted octanol–water partition coefficient (Wildman–Crippen LogP) is 2.11. The minimum atomic E-state index is -0.143. The van der Waals surface area contributed by atoms with Gasteiger partial charge in [-0.2, -0.15) is 5.26 Å². The van der Waals surface area contributed by atoms with Gasteiger partial charge in [0.2, 0.25) is 0 Å². The molecule has 1 atom stereocenters. The van der Waals surface area contributed by atoms with Gasteiger partial charge < -0.3 is 4.74 Å². The summed E-state index contributed by atoms with van der Waals surface area (Å²) in [5, 5.41) is 8.90. The molecule has 0 aliphatic heterocycles. The number of nitriles is 1. The summed E-state index contributed by atoms with van der Waals surface area (Å²) in [6.45, 7) is 4.69. The molecule has 1 aliphatic rings. The number of hydrogen-bond acceptors (Lipinski definition) is 2. The molecular weight excluding hydrogens is 138 g/mol. The van der Waals surface area contributed by atoms with E-state index in [1.807, 2.05) is 13.8 Å². The van der Waals surface area contributed by atoms with Crippen LogP contribution in [0, 0.1) is 16.7 Å². The highest BCUT2D eigenvalue weighted by atomic mass is 16.5. The van der Waals surface area contributed by atoms with Gasteiger partial charge in [0.1, 0.15) is 0 Å². The highest BCUT2D eigenvalue weighted by Crippen LogP contribution is 2.44. The van der Waals surface area contributed by atoms with Crippen LogP contribution in [0.3, 0.4) is 0 Å². The normalized spacial score (nSPS) is 23.4. The molecule has 1 rings (SSSR count). The Morgan fingerprint density at radius 1 is 1.64 bits per heavy atom. The van der Waals surface area contributed by atoms with E-state index in [0.717, 1.165) is 12.8 Å². The van der Waals surface area contributed by atoms with Crippen LogP contribution in [0.4, 0.5) is 0 Å². The third-order valence-electron chi connectivity index (χ3n) is 2.66. The first-order valence-corrected chi connectivity index (χ1v) is 4.28. The van der Waals surface area contributed by atoms with Crippen molar-refractivity contribution in [2.24, 2.45) is 5.41 Å². The Hall–Kier alpha value is -0.550. The fraction of sp³-hybridized carbons (Fsp3) is 0.889. The smallest absolute Gasteiger partial charge is 0.0832 e. The van der Waals surface area contributed by atoms with Gasteiger partial charge in [-0.15, -0.1) is 0 Å². The summed E-state index contributed by atoms with van der Waals surface area (Å²) in [7, 11) is 0. The van der Waals surface area contributed by atoms with Crippen molar-refractivity contribution >= 4 is 0 Å². The molecule has 0 N–H and O–H groups in total. The molecule has 0 heterocycles. The van der Waals surface area contributed by atoms with Gasteiger partial charge in [0.05, 0.1) is 17.6 Å². The maximum absolute atomic E-state index is 8.90. The average molecular weight is 153 g/mol. The van der Waals surface area contributed by atoms with Crippen molar-refractivity contribution in [1.82, 2.24) is 0 Å². The zero-order chi connectivity index (χ0) is 8.32. The minimum absolute atomic E-state index is 0.117. The average Bonchev–Trinajstić information content (AvgIpc) is 1.87. The molecule has 1 unspecified atom stereocenters. The van der Waals surface area contributed by atoms with E-state index in [2.05, 4.69) is 6.07 Å². The quantitative estimate of drug-likeness (QED) is 0.622. The summed E-state index contributed by atoms with van der Waals surface area (Å²) in [6.07, 6.45) is 3.34. The molecule has 11 heavy (non-hydrogen) atoms. The van der Waals surface area contributed by atoms with Crippen LogP contribution in [0.25, 0.3) is 0 Å². The first-order chi connectivity index (χ1) is 5.25. The molecule has 1 fully saturated rings. The highest BCUT2D eigenvalue weighted by molar-refractivity contribution is 5.08. The van der Waals surface area contributed by atoms with E-state index in [-0.39, 0.29) is 11.5 Å². The van der Waals surface area contributed by atoms with Crippen LogP contribution < -0.4 is 0 Å². The lowest BCUT2D eigenvalue weighted by atomic mass is 9.66. The van der Waals surface area contributed by atoms with Crippen molar-refractivity contribution in [3.63, 3.8) is 0 Å². The predicted molar refractivity (Wildman–Crippen MR) is 43.0 cm³/mol. The topological polar surface area (TPSA) is 33.0 Å². The monoisotopic (exact) mass is 153 g/mol. The van der Waals surface area contributed by atoms with Crippen molar-refractivity contribution in [3.05, 3.63) is 0 Å². The Balaban J connectivity index is 2.49. The van der Waals surface area contributed by atoms with Gasteiger partial charge in [0, 0.05) is 6.61 Å². The first-order valence-electron chi connectivity index (χ1n) is 4.28. The van der Waals surface area contributed by atoms with E-state index in [4.69, 9.17) is 10.00 Å². The van der Waals surface area contributed by atoms with Crippen LogP contribution >= 0.6 is 0 Å². The largest absolute Gasteiger partial charge is 0.377 e. The van der Waals surface area contributed by atoms with Gasteiger partial charge in [-0.1, -0.05) is 6.42 Å². The molecule has 62 valence electrons. The molecule has 0 bridgehead atoms. The van der Waals surface area contributed by atoms with Crippen LogP contribution in [-0.4, -0.2) is 12.7 Å². The van der Waals surface area contributed by atoms with E-state index in [0.29, 0.717) is 6.61 Å². The molecule has 0 aromatic carbocycles. The van der Waals surface area contributed by atoms with E-state index < -0.39 is 0 Å². The molecule has 0 amide bonds. The second kappa shape index (κ2) is 3.23. The molecular formula is C9H15NO. The fourth-order valence-electron chi connectivity index (χ4n) is 1.58. The van der Waals surface area contributed by atoms with Crippen LogP contribution in [0.5, 0.6) is 0 Å². The number of hydrogen-bond donors (Lipinski definition) is 0. The lowest BCUT2D eigenvalue weighted by Crippen LogP contribution is -2.39. The molecule has 2 heteroatoms. The summed E-state index contributed by atoms with van der Waals surface area (Å²) in [5.74, 6) is 0. The highest BCUT2D eigenvalue weighted by Gasteiger charge is 2.42. The maximum Gasteiger partial charge on any atom is 0.0832 e. The van der Waals surface area contributed by atoms with Crippen molar-refractivity contribution in [2.75, 3.05) is 6.61 Å². The minimum Gasteiger partial charge on any atom is -0.377 e. The number of ether oxygens (including phenoxy) is 1. The summed E-state index contributed by atoms with van der Waals surface area (Å²) in [5.41, 5.74) is -0.143. The maximum atomic E-state index is 8.90. The summed E-state index contributed by atoms with van der Waals surface area (Å²) < 4.78 is 5.42. The Morgan fingerprint density at radius 2 is 2.27 bits per heavy atom. The van der Waals surface area contributed by atoms with Gasteiger partial charge in [0.15, 0.2) is 0 Å². The van der Waals surface area contributed by atoms with Gasteiger partial charge in [-0.3, -0.25) is 0 Å². The van der Waals surface area contributed by atoms with Crippen molar-refractivity contribution < 1.29 is 4.74 Å². The van der Waals surface area contributed by atoms with E-state index in [1.54, 1.807) is 0 Å². The zero-order valence-corrected chi connectivity index (χ0v) is 7.26. The summed E-state index contributed by atoms with van der Waals surface area (Å²) in [6, 6.07) is 2.37. The molecule has 0 spiro atoms. The molecule has 1 aliphatic carbocycles. The van der Waals surface area contributed by atoms with Crippen molar-refractivity contribution in [3.8, 4) is 6.07 Å². The Kier molecular flexibility index (Phi) is 2.51. The zero-order valence-electron chi connectivity index (χ0n) is 7.26. The number of rotatable bonds is 3. The summed E-state index contributed by atoms with van der Waals surface area (Å²) in [4.78, 5) is 0. The molecule has 0 radical (unpaired) electrons. The fourth-order valence-corrected chi connectivity index (χ4v) is 1.58. The molecule has 0 aromatic heterocycles. The van der Waals surface area contributed by atoms with E-state index in [9.17, 15) is 0 Å². The SMILES string of the molecule is CCOC(C)C1(C#N)CCC1. The summed E-state index contributed by atoms with van der Waals surface area (Å²) >= 11 is 0.